The van der Waals surface area contributed by atoms with E-state index in [1.165, 1.54) is 0 Å². The minimum atomic E-state index is -0.170. The van der Waals surface area contributed by atoms with E-state index in [2.05, 4.69) is 55.4 Å². The molecule has 106 valence electrons. The first kappa shape index (κ1) is 14.3. The summed E-state index contributed by atoms with van der Waals surface area (Å²) < 4.78 is 0. The molecule has 0 spiro atoms. The van der Waals surface area contributed by atoms with Crippen molar-refractivity contribution < 1.29 is 0 Å². The van der Waals surface area contributed by atoms with Gasteiger partial charge in [-0.2, -0.15) is 0 Å². The van der Waals surface area contributed by atoms with Gasteiger partial charge in [-0.3, -0.25) is 0 Å². The molecule has 2 aliphatic carbocycles. The Morgan fingerprint density at radius 2 is 1.28 bits per heavy atom. The third-order valence-corrected chi connectivity index (χ3v) is 8.26. The Labute approximate surface area is 113 Å². The summed E-state index contributed by atoms with van der Waals surface area (Å²) in [6.45, 7) is 18.8. The van der Waals surface area contributed by atoms with Crippen LogP contribution >= 0.6 is 0 Å². The predicted molar refractivity (Wildman–Crippen MR) is 78.1 cm³/mol. The van der Waals surface area contributed by atoms with Crippen molar-refractivity contribution in [1.82, 2.24) is 0 Å². The van der Waals surface area contributed by atoms with Crippen LogP contribution in [0.4, 0.5) is 0 Å². The number of fused-ring (bicyclic) bond motifs is 1. The van der Waals surface area contributed by atoms with Crippen LogP contribution < -0.4 is 11.5 Å². The molecule has 4 atom stereocenters. The van der Waals surface area contributed by atoms with Gasteiger partial charge in [0.2, 0.25) is 0 Å². The van der Waals surface area contributed by atoms with Crippen LogP contribution in [0.25, 0.3) is 0 Å². The van der Waals surface area contributed by atoms with Gasteiger partial charge in [0.25, 0.3) is 0 Å². The molecule has 2 aliphatic rings. The van der Waals surface area contributed by atoms with Crippen LogP contribution in [0.3, 0.4) is 0 Å². The van der Waals surface area contributed by atoms with Crippen LogP contribution in [0, 0.1) is 27.6 Å². The third-order valence-electron chi connectivity index (χ3n) is 8.26. The summed E-state index contributed by atoms with van der Waals surface area (Å²) in [6, 6.07) is 0.280. The minimum absolute atomic E-state index is 0.0752. The van der Waals surface area contributed by atoms with Gasteiger partial charge in [0, 0.05) is 11.6 Å². The summed E-state index contributed by atoms with van der Waals surface area (Å²) in [4.78, 5) is 0. The van der Waals surface area contributed by atoms with Gasteiger partial charge in [0.1, 0.15) is 0 Å². The van der Waals surface area contributed by atoms with Gasteiger partial charge >= 0.3 is 0 Å². The van der Waals surface area contributed by atoms with E-state index in [4.69, 9.17) is 11.5 Å². The Morgan fingerprint density at radius 1 is 0.833 bits per heavy atom. The van der Waals surface area contributed by atoms with Gasteiger partial charge in [-0.05, 0) is 40.9 Å². The highest BCUT2D eigenvalue weighted by Crippen LogP contribution is 2.77. The zero-order valence-corrected chi connectivity index (χ0v) is 13.5. The first-order valence-electron chi connectivity index (χ1n) is 7.30. The molecule has 0 aromatic heterocycles. The Bertz CT molecular complexity index is 379. The van der Waals surface area contributed by atoms with Crippen molar-refractivity contribution in [2.75, 3.05) is 0 Å². The molecule has 0 amide bonds. The average Bonchev–Trinajstić information content (AvgIpc) is 2.42. The second-order valence-corrected chi connectivity index (χ2v) is 8.87. The molecule has 0 radical (unpaired) electrons. The number of hydrogen-bond acceptors (Lipinski definition) is 2. The molecule has 0 aromatic rings. The summed E-state index contributed by atoms with van der Waals surface area (Å²) >= 11 is 0. The normalized spacial score (nSPS) is 52.3. The Morgan fingerprint density at radius 3 is 1.67 bits per heavy atom. The molecule has 4 unspecified atom stereocenters. The number of nitrogens with two attached hydrogens (primary N) is 2. The van der Waals surface area contributed by atoms with E-state index in [0.717, 1.165) is 6.42 Å². The maximum atomic E-state index is 6.83. The molecular weight excluding hydrogens is 220 g/mol. The smallest absolute Gasteiger partial charge is 0.0237 e. The van der Waals surface area contributed by atoms with E-state index in [1.807, 2.05) is 0 Å². The molecule has 2 saturated carbocycles. The zero-order chi connectivity index (χ0) is 14.4. The van der Waals surface area contributed by atoms with E-state index in [9.17, 15) is 0 Å². The first-order valence-corrected chi connectivity index (χ1v) is 7.30. The van der Waals surface area contributed by atoms with Crippen molar-refractivity contribution in [3.05, 3.63) is 0 Å². The maximum absolute atomic E-state index is 6.83. The van der Waals surface area contributed by atoms with Crippen molar-refractivity contribution in [2.45, 2.75) is 73.4 Å². The van der Waals surface area contributed by atoms with Crippen molar-refractivity contribution in [2.24, 2.45) is 39.0 Å². The standard InChI is InChI=1S/C16H32N2/c1-12(2)10-9-11(17)13(3,4)15(10,7)14(5,6)16(12,8)18/h10-11H,9,17-18H2,1-8H3. The molecule has 0 heterocycles. The van der Waals surface area contributed by atoms with Crippen LogP contribution in [0.2, 0.25) is 0 Å². The SMILES string of the molecule is CC1(C)C2CC(N)C(C)(C)C2(C)C(C)(C)C1(C)N. The van der Waals surface area contributed by atoms with E-state index in [-0.39, 0.29) is 33.2 Å². The van der Waals surface area contributed by atoms with E-state index >= 15 is 0 Å². The van der Waals surface area contributed by atoms with Crippen molar-refractivity contribution in [1.29, 1.82) is 0 Å². The Balaban J connectivity index is 2.72. The van der Waals surface area contributed by atoms with E-state index in [1.54, 1.807) is 0 Å². The predicted octanol–water partition coefficient (Wildman–Crippen LogP) is 3.15. The highest BCUT2D eigenvalue weighted by molar-refractivity contribution is 5.28. The van der Waals surface area contributed by atoms with Crippen LogP contribution in [0.5, 0.6) is 0 Å². The topological polar surface area (TPSA) is 52.0 Å². The molecule has 0 aliphatic heterocycles. The van der Waals surface area contributed by atoms with Gasteiger partial charge in [-0.1, -0.05) is 48.5 Å². The summed E-state index contributed by atoms with van der Waals surface area (Å²) in [5.41, 5.74) is 13.7. The maximum Gasteiger partial charge on any atom is 0.0237 e. The molecule has 4 N–H and O–H groups in total. The number of hydrogen-bond donors (Lipinski definition) is 2. The van der Waals surface area contributed by atoms with Crippen molar-refractivity contribution >= 4 is 0 Å². The second kappa shape index (κ2) is 3.15. The molecule has 0 bridgehead atoms. The second-order valence-electron chi connectivity index (χ2n) is 8.87. The fraction of sp³-hybridized carbons (Fsp3) is 1.00. The van der Waals surface area contributed by atoms with E-state index < -0.39 is 0 Å². The Kier molecular flexibility index (Phi) is 2.50. The lowest BCUT2D eigenvalue weighted by Crippen LogP contribution is -2.60. The lowest BCUT2D eigenvalue weighted by atomic mass is 9.52. The molecule has 0 aromatic carbocycles. The van der Waals surface area contributed by atoms with Crippen LogP contribution in [-0.4, -0.2) is 11.6 Å². The Hall–Kier alpha value is -0.0800. The molecule has 0 saturated heterocycles. The summed E-state index contributed by atoms with van der Waals surface area (Å²) in [7, 11) is 0. The summed E-state index contributed by atoms with van der Waals surface area (Å²) in [5, 5.41) is 0. The van der Waals surface area contributed by atoms with Crippen LogP contribution in [0.1, 0.15) is 61.8 Å². The molecule has 18 heavy (non-hydrogen) atoms. The number of rotatable bonds is 0. The largest absolute Gasteiger partial charge is 0.327 e. The highest BCUT2D eigenvalue weighted by atomic mass is 15.0. The summed E-state index contributed by atoms with van der Waals surface area (Å²) in [5.74, 6) is 0.597. The van der Waals surface area contributed by atoms with Gasteiger partial charge in [-0.25, -0.2) is 0 Å². The minimum Gasteiger partial charge on any atom is -0.327 e. The van der Waals surface area contributed by atoms with Crippen molar-refractivity contribution in [3.63, 3.8) is 0 Å². The molecule has 2 rings (SSSR count). The third kappa shape index (κ3) is 1.06. The lowest BCUT2D eigenvalue weighted by molar-refractivity contribution is -0.0317. The first-order chi connectivity index (χ1) is 7.76. The van der Waals surface area contributed by atoms with Crippen LogP contribution in [-0.2, 0) is 0 Å². The fourth-order valence-electron chi connectivity index (χ4n) is 5.58. The average molecular weight is 252 g/mol. The quantitative estimate of drug-likeness (QED) is 0.696. The molecule has 2 fully saturated rings. The van der Waals surface area contributed by atoms with Gasteiger partial charge in [-0.15, -0.1) is 0 Å². The van der Waals surface area contributed by atoms with Gasteiger partial charge in [0.05, 0.1) is 0 Å². The lowest BCUT2D eigenvalue weighted by Gasteiger charge is -2.54. The van der Waals surface area contributed by atoms with Crippen molar-refractivity contribution in [3.8, 4) is 0 Å². The molecule has 2 heteroatoms. The van der Waals surface area contributed by atoms with Gasteiger partial charge < -0.3 is 11.5 Å². The molecule has 2 nitrogen and oxygen atoms in total. The van der Waals surface area contributed by atoms with Gasteiger partial charge in [0.15, 0.2) is 0 Å². The molecular formula is C16H32N2. The van der Waals surface area contributed by atoms with E-state index in [0.29, 0.717) is 5.92 Å². The monoisotopic (exact) mass is 252 g/mol. The fourth-order valence-corrected chi connectivity index (χ4v) is 5.58. The van der Waals surface area contributed by atoms with Crippen LogP contribution in [0.15, 0.2) is 0 Å². The zero-order valence-electron chi connectivity index (χ0n) is 13.5. The summed E-state index contributed by atoms with van der Waals surface area (Å²) in [6.07, 6.45) is 1.10. The highest BCUT2D eigenvalue weighted by Gasteiger charge is 2.77.